The molecule has 2 heteroatoms. The van der Waals surface area contributed by atoms with Gasteiger partial charge >= 0.3 is 0 Å². The summed E-state index contributed by atoms with van der Waals surface area (Å²) in [5.74, 6) is 0. The summed E-state index contributed by atoms with van der Waals surface area (Å²) in [5.41, 5.74) is 0. The standard InChI is InChI=1S/C14H15FP/c1-2-16(15,13-9-5-3-6-10-13)14-11-7-4-8-12-14/h3-12H,2H2,1H3/q+1. The Morgan fingerprint density at radius 2 is 1.19 bits per heavy atom. The van der Waals surface area contributed by atoms with Crippen LogP contribution in [0.3, 0.4) is 0 Å². The largest absolute Gasteiger partial charge is 0.266 e. The van der Waals surface area contributed by atoms with Crippen LogP contribution in [-0.4, -0.2) is 6.16 Å². The van der Waals surface area contributed by atoms with Gasteiger partial charge in [-0.1, -0.05) is 40.6 Å². The van der Waals surface area contributed by atoms with Gasteiger partial charge in [-0.25, -0.2) is 0 Å². The van der Waals surface area contributed by atoms with Gasteiger partial charge in [-0.15, -0.1) is 0 Å². The van der Waals surface area contributed by atoms with Crippen LogP contribution in [0, 0.1) is 0 Å². The maximum absolute atomic E-state index is 15.1. The van der Waals surface area contributed by atoms with Gasteiger partial charge in [0.05, 0.1) is 6.16 Å². The summed E-state index contributed by atoms with van der Waals surface area (Å²) in [7, 11) is -2.65. The minimum atomic E-state index is -2.65. The predicted octanol–water partition coefficient (Wildman–Crippen LogP) is 3.56. The lowest BCUT2D eigenvalue weighted by Crippen LogP contribution is -2.20. The summed E-state index contributed by atoms with van der Waals surface area (Å²) in [5, 5.41) is 1.67. The zero-order chi connectivity index (χ0) is 11.4. The molecule has 0 aliphatic heterocycles. The molecule has 2 rings (SSSR count). The van der Waals surface area contributed by atoms with Crippen LogP contribution in [0.1, 0.15) is 6.92 Å². The van der Waals surface area contributed by atoms with Crippen molar-refractivity contribution in [3.05, 3.63) is 60.7 Å². The zero-order valence-electron chi connectivity index (χ0n) is 9.31. The molecule has 0 heterocycles. The Kier molecular flexibility index (Phi) is 3.36. The van der Waals surface area contributed by atoms with E-state index in [1.165, 1.54) is 0 Å². The monoisotopic (exact) mass is 233 g/mol. The Labute approximate surface area is 96.6 Å². The summed E-state index contributed by atoms with van der Waals surface area (Å²) in [6.45, 7) is 1.92. The first-order valence-corrected chi connectivity index (χ1v) is 7.33. The topological polar surface area (TPSA) is 0 Å². The predicted molar refractivity (Wildman–Crippen MR) is 70.7 cm³/mol. The Balaban J connectivity index is 2.49. The van der Waals surface area contributed by atoms with Gasteiger partial charge in [-0.05, 0) is 31.2 Å². The number of halogens is 1. The number of hydrogen-bond acceptors (Lipinski definition) is 0. The molecule has 0 aliphatic carbocycles. The van der Waals surface area contributed by atoms with Crippen LogP contribution in [0.15, 0.2) is 60.7 Å². The second-order valence-electron chi connectivity index (χ2n) is 3.70. The van der Waals surface area contributed by atoms with Gasteiger partial charge in [0.15, 0.2) is 0 Å². The van der Waals surface area contributed by atoms with Gasteiger partial charge in [0.1, 0.15) is 10.6 Å². The molecule has 0 N–H and O–H groups in total. The molecule has 0 unspecified atom stereocenters. The molecule has 0 saturated heterocycles. The summed E-state index contributed by atoms with van der Waals surface area (Å²) in [6.07, 6.45) is 0.557. The second-order valence-corrected chi connectivity index (χ2v) is 6.80. The molecule has 0 aromatic heterocycles. The summed E-state index contributed by atoms with van der Waals surface area (Å²) < 4.78 is 15.1. The van der Waals surface area contributed by atoms with Crippen molar-refractivity contribution in [2.75, 3.05) is 6.16 Å². The molecule has 0 bridgehead atoms. The molecule has 0 fully saturated rings. The number of hydrogen-bond donors (Lipinski definition) is 0. The molecule has 0 amide bonds. The first-order chi connectivity index (χ1) is 7.77. The minimum Gasteiger partial charge on any atom is -0.0620 e. The normalized spacial score (nSPS) is 11.4. The van der Waals surface area contributed by atoms with E-state index in [1.807, 2.05) is 67.6 Å². The van der Waals surface area contributed by atoms with E-state index in [2.05, 4.69) is 0 Å². The zero-order valence-corrected chi connectivity index (χ0v) is 10.2. The lowest BCUT2D eigenvalue weighted by atomic mass is 10.4. The Morgan fingerprint density at radius 1 is 0.812 bits per heavy atom. The van der Waals surface area contributed by atoms with E-state index in [4.69, 9.17) is 0 Å². The van der Waals surface area contributed by atoms with Crippen molar-refractivity contribution >= 4 is 18.2 Å². The third kappa shape index (κ3) is 2.01. The third-order valence-corrected chi connectivity index (χ3v) is 5.87. The second kappa shape index (κ2) is 4.76. The van der Waals surface area contributed by atoms with Crippen LogP contribution >= 0.6 is 7.57 Å². The highest BCUT2D eigenvalue weighted by atomic mass is 31.2. The average molecular weight is 233 g/mol. The molecular formula is C14H15FP+. The van der Waals surface area contributed by atoms with Crippen molar-refractivity contribution < 1.29 is 4.20 Å². The molecule has 2 aromatic carbocycles. The molecule has 0 saturated carbocycles. The van der Waals surface area contributed by atoms with Crippen LogP contribution in [0.4, 0.5) is 4.20 Å². The number of benzene rings is 2. The fraction of sp³-hybridized carbons (Fsp3) is 0.143. The molecule has 0 aliphatic rings. The van der Waals surface area contributed by atoms with Crippen molar-refractivity contribution in [2.24, 2.45) is 0 Å². The van der Waals surface area contributed by atoms with Gasteiger partial charge < -0.3 is 0 Å². The molecular weight excluding hydrogens is 218 g/mol. The molecule has 2 aromatic rings. The first-order valence-electron chi connectivity index (χ1n) is 5.46. The van der Waals surface area contributed by atoms with Crippen molar-refractivity contribution in [3.8, 4) is 0 Å². The van der Waals surface area contributed by atoms with Crippen LogP contribution < -0.4 is 10.6 Å². The van der Waals surface area contributed by atoms with E-state index in [0.29, 0.717) is 6.16 Å². The number of rotatable bonds is 3. The van der Waals surface area contributed by atoms with Crippen molar-refractivity contribution in [2.45, 2.75) is 6.92 Å². The van der Waals surface area contributed by atoms with Gasteiger partial charge in [-0.3, -0.25) is 0 Å². The Bertz CT molecular complexity index is 399. The van der Waals surface area contributed by atoms with Crippen molar-refractivity contribution in [1.29, 1.82) is 0 Å². The van der Waals surface area contributed by atoms with Gasteiger partial charge in [-0.2, -0.15) is 0 Å². The molecule has 82 valence electrons. The molecule has 0 atom stereocenters. The van der Waals surface area contributed by atoms with Crippen LogP contribution in [-0.2, 0) is 0 Å². The molecule has 0 nitrogen and oxygen atoms in total. The first kappa shape index (κ1) is 11.3. The lowest BCUT2D eigenvalue weighted by molar-refractivity contribution is 0.884. The maximum atomic E-state index is 15.1. The highest BCUT2D eigenvalue weighted by Crippen LogP contribution is 2.57. The summed E-state index contributed by atoms with van der Waals surface area (Å²) in [6, 6.07) is 19.0. The SMILES string of the molecule is CC[P+](F)(c1ccccc1)c1ccccc1. The molecule has 0 radical (unpaired) electrons. The van der Waals surface area contributed by atoms with E-state index >= 15 is 4.20 Å². The van der Waals surface area contributed by atoms with Gasteiger partial charge in [0.2, 0.25) is 0 Å². The van der Waals surface area contributed by atoms with Crippen molar-refractivity contribution in [1.82, 2.24) is 0 Å². The van der Waals surface area contributed by atoms with E-state index in [-0.39, 0.29) is 0 Å². The Hall–Kier alpha value is -1.20. The van der Waals surface area contributed by atoms with E-state index < -0.39 is 7.57 Å². The Morgan fingerprint density at radius 3 is 1.50 bits per heavy atom. The highest BCUT2D eigenvalue weighted by molar-refractivity contribution is 7.85. The minimum absolute atomic E-state index is 0.557. The fourth-order valence-electron chi connectivity index (χ4n) is 1.84. The van der Waals surface area contributed by atoms with E-state index in [0.717, 1.165) is 10.6 Å². The quantitative estimate of drug-likeness (QED) is 0.711. The van der Waals surface area contributed by atoms with Gasteiger partial charge in [0.25, 0.3) is 7.57 Å². The smallest absolute Gasteiger partial charge is 0.0620 e. The average Bonchev–Trinajstić information content (AvgIpc) is 2.40. The van der Waals surface area contributed by atoms with Crippen LogP contribution in [0.2, 0.25) is 0 Å². The van der Waals surface area contributed by atoms with Crippen molar-refractivity contribution in [3.63, 3.8) is 0 Å². The lowest BCUT2D eigenvalue weighted by Gasteiger charge is -2.14. The highest BCUT2D eigenvalue weighted by Gasteiger charge is 2.42. The van der Waals surface area contributed by atoms with Gasteiger partial charge in [0, 0.05) is 0 Å². The van der Waals surface area contributed by atoms with Crippen LogP contribution in [0.5, 0.6) is 0 Å². The van der Waals surface area contributed by atoms with E-state index in [1.54, 1.807) is 0 Å². The van der Waals surface area contributed by atoms with Crippen LogP contribution in [0.25, 0.3) is 0 Å². The van der Waals surface area contributed by atoms with E-state index in [9.17, 15) is 0 Å². The fourth-order valence-corrected chi connectivity index (χ4v) is 4.16. The molecule has 16 heavy (non-hydrogen) atoms. The maximum Gasteiger partial charge on any atom is 0.266 e. The summed E-state index contributed by atoms with van der Waals surface area (Å²) >= 11 is 0. The molecule has 0 spiro atoms. The summed E-state index contributed by atoms with van der Waals surface area (Å²) in [4.78, 5) is 0. The third-order valence-electron chi connectivity index (χ3n) is 2.77.